The number of pyridine rings is 1. The minimum absolute atomic E-state index is 0.401. The predicted molar refractivity (Wildman–Crippen MR) is 63.6 cm³/mol. The van der Waals surface area contributed by atoms with Crippen LogP contribution in [0.5, 0.6) is 0 Å². The first-order valence-corrected chi connectivity index (χ1v) is 5.46. The van der Waals surface area contributed by atoms with Crippen LogP contribution in [0.2, 0.25) is 0 Å². The van der Waals surface area contributed by atoms with Crippen LogP contribution in [0.4, 0.5) is 0 Å². The van der Waals surface area contributed by atoms with Crippen LogP contribution < -0.4 is 5.32 Å². The number of rotatable bonds is 7. The van der Waals surface area contributed by atoms with Gasteiger partial charge < -0.3 is 9.84 Å². The molecule has 17 heavy (non-hydrogen) atoms. The molecule has 1 rings (SSSR count). The van der Waals surface area contributed by atoms with Crippen molar-refractivity contribution in [2.75, 3.05) is 13.7 Å². The first-order valence-electron chi connectivity index (χ1n) is 5.46. The second-order valence-corrected chi connectivity index (χ2v) is 4.05. The topological polar surface area (TPSA) is 71.5 Å². The Morgan fingerprint density at radius 1 is 1.59 bits per heavy atom. The number of hydrogen-bond donors (Lipinski definition) is 2. The van der Waals surface area contributed by atoms with Gasteiger partial charge in [-0.2, -0.15) is 0 Å². The Morgan fingerprint density at radius 3 is 2.88 bits per heavy atom. The van der Waals surface area contributed by atoms with E-state index in [-0.39, 0.29) is 0 Å². The van der Waals surface area contributed by atoms with E-state index in [4.69, 9.17) is 4.74 Å². The van der Waals surface area contributed by atoms with E-state index in [2.05, 4.69) is 10.3 Å². The van der Waals surface area contributed by atoms with Crippen molar-refractivity contribution in [1.29, 1.82) is 0 Å². The molecule has 0 radical (unpaired) electrons. The van der Waals surface area contributed by atoms with Gasteiger partial charge in [-0.1, -0.05) is 6.07 Å². The molecule has 0 fully saturated rings. The Balaban J connectivity index is 2.58. The Hall–Kier alpha value is -1.46. The number of nitrogens with one attached hydrogen (secondary N) is 1. The third kappa shape index (κ3) is 4.13. The normalized spacial score (nSPS) is 14.2. The summed E-state index contributed by atoms with van der Waals surface area (Å²) in [5.74, 6) is -0.884. The molecular formula is C12H18N2O3. The number of carbonyl (C=O) groups is 1. The highest BCUT2D eigenvalue weighted by Crippen LogP contribution is 2.11. The number of aliphatic carboxylic acids is 1. The molecule has 0 aromatic carbocycles. The molecule has 5 heteroatoms. The van der Waals surface area contributed by atoms with Crippen LogP contribution in [0.25, 0.3) is 0 Å². The summed E-state index contributed by atoms with van der Waals surface area (Å²) >= 11 is 0. The van der Waals surface area contributed by atoms with Gasteiger partial charge in [0.25, 0.3) is 0 Å². The SMILES string of the molecule is COCCC(C)(NCc1ccccn1)C(=O)O. The van der Waals surface area contributed by atoms with E-state index in [1.807, 2.05) is 18.2 Å². The highest BCUT2D eigenvalue weighted by Gasteiger charge is 2.32. The lowest BCUT2D eigenvalue weighted by Crippen LogP contribution is -2.49. The zero-order valence-electron chi connectivity index (χ0n) is 10.1. The molecule has 1 unspecified atom stereocenters. The predicted octanol–water partition coefficient (Wildman–Crippen LogP) is 1.05. The third-order valence-electron chi connectivity index (χ3n) is 2.66. The molecule has 0 aliphatic rings. The monoisotopic (exact) mass is 238 g/mol. The van der Waals surface area contributed by atoms with Gasteiger partial charge in [0.15, 0.2) is 0 Å². The number of nitrogens with zero attached hydrogens (tertiary/aromatic N) is 1. The number of ether oxygens (including phenoxy) is 1. The standard InChI is InChI=1S/C12H18N2O3/c1-12(11(15)16,6-8-17-2)14-9-10-5-3-4-7-13-10/h3-5,7,14H,6,8-9H2,1-2H3,(H,15,16). The van der Waals surface area contributed by atoms with Crippen LogP contribution in [0, 0.1) is 0 Å². The molecule has 0 amide bonds. The van der Waals surface area contributed by atoms with Crippen molar-refractivity contribution in [3.63, 3.8) is 0 Å². The summed E-state index contributed by atoms with van der Waals surface area (Å²) in [5, 5.41) is 12.2. The molecular weight excluding hydrogens is 220 g/mol. The van der Waals surface area contributed by atoms with E-state index in [1.54, 1.807) is 20.2 Å². The number of carboxylic acids is 1. The zero-order valence-corrected chi connectivity index (χ0v) is 10.1. The van der Waals surface area contributed by atoms with Crippen molar-refractivity contribution in [3.8, 4) is 0 Å². The molecule has 1 atom stereocenters. The lowest BCUT2D eigenvalue weighted by molar-refractivity contribution is -0.145. The van der Waals surface area contributed by atoms with Gasteiger partial charge in [-0.25, -0.2) is 0 Å². The molecule has 94 valence electrons. The number of carboxylic acid groups (broad SMARTS) is 1. The molecule has 1 heterocycles. The van der Waals surface area contributed by atoms with Crippen LogP contribution >= 0.6 is 0 Å². The summed E-state index contributed by atoms with van der Waals surface area (Å²) in [6, 6.07) is 5.55. The highest BCUT2D eigenvalue weighted by atomic mass is 16.5. The van der Waals surface area contributed by atoms with Gasteiger partial charge in [0.05, 0.1) is 5.69 Å². The molecule has 0 saturated heterocycles. The van der Waals surface area contributed by atoms with Crippen molar-refractivity contribution in [2.45, 2.75) is 25.4 Å². The van der Waals surface area contributed by atoms with E-state index in [0.29, 0.717) is 19.6 Å². The molecule has 0 aliphatic carbocycles. The maximum Gasteiger partial charge on any atom is 0.323 e. The summed E-state index contributed by atoms with van der Waals surface area (Å²) < 4.78 is 4.92. The Labute approximate surface area is 101 Å². The molecule has 0 spiro atoms. The maximum absolute atomic E-state index is 11.2. The summed E-state index contributed by atoms with van der Waals surface area (Å²) in [6.07, 6.45) is 2.09. The van der Waals surface area contributed by atoms with Crippen LogP contribution in [-0.2, 0) is 16.1 Å². The molecule has 0 saturated carbocycles. The molecule has 0 bridgehead atoms. The Kier molecular flexibility index (Phi) is 5.06. The van der Waals surface area contributed by atoms with Crippen molar-refractivity contribution in [1.82, 2.24) is 10.3 Å². The van der Waals surface area contributed by atoms with Crippen LogP contribution in [-0.4, -0.2) is 35.3 Å². The molecule has 5 nitrogen and oxygen atoms in total. The summed E-state index contributed by atoms with van der Waals surface area (Å²) in [4.78, 5) is 15.3. The van der Waals surface area contributed by atoms with Crippen molar-refractivity contribution >= 4 is 5.97 Å². The van der Waals surface area contributed by atoms with Crippen molar-refractivity contribution in [2.24, 2.45) is 0 Å². The Bertz CT molecular complexity index is 356. The maximum atomic E-state index is 11.2. The van der Waals surface area contributed by atoms with Crippen LogP contribution in [0.1, 0.15) is 19.0 Å². The van der Waals surface area contributed by atoms with Gasteiger partial charge in [0, 0.05) is 26.5 Å². The van der Waals surface area contributed by atoms with Gasteiger partial charge in [0.2, 0.25) is 0 Å². The second kappa shape index (κ2) is 6.32. The van der Waals surface area contributed by atoms with E-state index in [9.17, 15) is 9.90 Å². The quantitative estimate of drug-likeness (QED) is 0.743. The van der Waals surface area contributed by atoms with Gasteiger partial charge in [-0.3, -0.25) is 15.1 Å². The molecule has 1 aromatic rings. The average molecular weight is 238 g/mol. The fourth-order valence-electron chi connectivity index (χ4n) is 1.37. The number of aromatic nitrogens is 1. The molecule has 1 aromatic heterocycles. The Morgan fingerprint density at radius 2 is 2.35 bits per heavy atom. The molecule has 2 N–H and O–H groups in total. The third-order valence-corrected chi connectivity index (χ3v) is 2.66. The van der Waals surface area contributed by atoms with E-state index in [0.717, 1.165) is 5.69 Å². The first-order chi connectivity index (χ1) is 8.08. The lowest BCUT2D eigenvalue weighted by Gasteiger charge is -2.25. The fraction of sp³-hybridized carbons (Fsp3) is 0.500. The van der Waals surface area contributed by atoms with E-state index in [1.165, 1.54) is 0 Å². The fourth-order valence-corrected chi connectivity index (χ4v) is 1.37. The summed E-state index contributed by atoms with van der Waals surface area (Å²) in [7, 11) is 1.56. The van der Waals surface area contributed by atoms with Crippen molar-refractivity contribution < 1.29 is 14.6 Å². The number of hydrogen-bond acceptors (Lipinski definition) is 4. The summed E-state index contributed by atoms with van der Waals surface area (Å²) in [6.45, 7) is 2.47. The minimum atomic E-state index is -0.993. The largest absolute Gasteiger partial charge is 0.480 e. The van der Waals surface area contributed by atoms with E-state index < -0.39 is 11.5 Å². The zero-order chi connectivity index (χ0) is 12.7. The van der Waals surface area contributed by atoms with Gasteiger partial charge >= 0.3 is 5.97 Å². The van der Waals surface area contributed by atoms with E-state index >= 15 is 0 Å². The average Bonchev–Trinajstić information content (AvgIpc) is 2.35. The van der Waals surface area contributed by atoms with Gasteiger partial charge in [-0.15, -0.1) is 0 Å². The van der Waals surface area contributed by atoms with Gasteiger partial charge in [-0.05, 0) is 25.5 Å². The second-order valence-electron chi connectivity index (χ2n) is 4.05. The van der Waals surface area contributed by atoms with Crippen molar-refractivity contribution in [3.05, 3.63) is 30.1 Å². The minimum Gasteiger partial charge on any atom is -0.480 e. The summed E-state index contributed by atoms with van der Waals surface area (Å²) in [5.41, 5.74) is -0.175. The number of methoxy groups -OCH3 is 1. The first kappa shape index (κ1) is 13.6. The van der Waals surface area contributed by atoms with Crippen LogP contribution in [0.3, 0.4) is 0 Å². The lowest BCUT2D eigenvalue weighted by atomic mass is 9.98. The molecule has 0 aliphatic heterocycles. The van der Waals surface area contributed by atoms with Gasteiger partial charge in [0.1, 0.15) is 5.54 Å². The smallest absolute Gasteiger partial charge is 0.323 e. The highest BCUT2D eigenvalue weighted by molar-refractivity contribution is 5.78. The van der Waals surface area contributed by atoms with Crippen LogP contribution in [0.15, 0.2) is 24.4 Å².